The van der Waals surface area contributed by atoms with Crippen molar-refractivity contribution in [2.24, 2.45) is 0 Å². The zero-order chi connectivity index (χ0) is 28.8. The van der Waals surface area contributed by atoms with Crippen LogP contribution in [0.25, 0.3) is 0 Å². The second-order valence-electron chi connectivity index (χ2n) is 9.07. The third-order valence-corrected chi connectivity index (χ3v) is 7.53. The first-order chi connectivity index (χ1) is 19.8. The van der Waals surface area contributed by atoms with Gasteiger partial charge in [-0.1, -0.05) is 47.0 Å². The van der Waals surface area contributed by atoms with Crippen molar-refractivity contribution in [3.63, 3.8) is 0 Å². The van der Waals surface area contributed by atoms with Crippen molar-refractivity contribution in [2.75, 3.05) is 11.9 Å². The van der Waals surface area contributed by atoms with E-state index in [1.807, 2.05) is 36.4 Å². The molecule has 0 saturated carbocycles. The minimum absolute atomic E-state index is 0.0203. The SMILES string of the molecule is C=IC(F)(F)Oc1ccc(NC(=O)c2cccc3c2OCCC3c2ncccc2C(=O)OCc2ccccc2)cc1. The summed E-state index contributed by atoms with van der Waals surface area (Å²) in [5.74, 6) is -0.849. The molecule has 1 atom stereocenters. The van der Waals surface area contributed by atoms with E-state index < -0.39 is 36.7 Å². The van der Waals surface area contributed by atoms with Crippen LogP contribution < -0.4 is 14.8 Å². The number of fused-ring (bicyclic) bond motifs is 1. The Labute approximate surface area is 245 Å². The molecule has 1 N–H and O–H groups in total. The molecule has 0 aliphatic carbocycles. The molecule has 3 aromatic carbocycles. The van der Waals surface area contributed by atoms with Gasteiger partial charge in [0.2, 0.25) is 0 Å². The summed E-state index contributed by atoms with van der Waals surface area (Å²) >= 11 is -1.68. The lowest BCUT2D eigenvalue weighted by atomic mass is 9.86. The quantitative estimate of drug-likeness (QED) is 0.118. The van der Waals surface area contributed by atoms with Crippen molar-refractivity contribution in [2.45, 2.75) is 23.1 Å². The van der Waals surface area contributed by atoms with Gasteiger partial charge in [0.25, 0.3) is 5.91 Å². The van der Waals surface area contributed by atoms with Crippen LogP contribution in [0.1, 0.15) is 49.9 Å². The van der Waals surface area contributed by atoms with Gasteiger partial charge < -0.3 is 19.5 Å². The first-order valence-corrected chi connectivity index (χ1v) is 15.2. The van der Waals surface area contributed by atoms with Gasteiger partial charge in [0.05, 0.1) is 23.4 Å². The predicted octanol–water partition coefficient (Wildman–Crippen LogP) is 6.94. The maximum Gasteiger partial charge on any atom is 0.445 e. The lowest BCUT2D eigenvalue weighted by molar-refractivity contribution is -0.0693. The Hall–Kier alpha value is -4.19. The summed E-state index contributed by atoms with van der Waals surface area (Å²) in [5.41, 5.74) is 3.19. The molecule has 0 bridgehead atoms. The monoisotopic (exact) mass is 670 g/mol. The van der Waals surface area contributed by atoms with E-state index in [1.165, 1.54) is 24.3 Å². The summed E-state index contributed by atoms with van der Waals surface area (Å²) in [7, 11) is 0. The van der Waals surface area contributed by atoms with E-state index in [-0.39, 0.29) is 18.3 Å². The third-order valence-electron chi connectivity index (χ3n) is 6.42. The van der Waals surface area contributed by atoms with Gasteiger partial charge in [-0.3, -0.25) is 9.78 Å². The lowest BCUT2D eigenvalue weighted by Gasteiger charge is -2.28. The summed E-state index contributed by atoms with van der Waals surface area (Å²) < 4.78 is 43.2. The smallest absolute Gasteiger partial charge is 0.445 e. The molecule has 10 heteroatoms. The van der Waals surface area contributed by atoms with Crippen LogP contribution in [0.5, 0.6) is 11.5 Å². The van der Waals surface area contributed by atoms with Crippen LogP contribution in [0.4, 0.5) is 14.5 Å². The highest BCUT2D eigenvalue weighted by molar-refractivity contribution is 14.2. The lowest BCUT2D eigenvalue weighted by Crippen LogP contribution is -2.22. The number of rotatable bonds is 9. The van der Waals surface area contributed by atoms with Crippen LogP contribution in [0.2, 0.25) is 0 Å². The van der Waals surface area contributed by atoms with E-state index in [4.69, 9.17) is 9.47 Å². The predicted molar refractivity (Wildman–Crippen MR) is 159 cm³/mol. The molecule has 0 saturated heterocycles. The fourth-order valence-electron chi connectivity index (χ4n) is 4.52. The van der Waals surface area contributed by atoms with Crippen LogP contribution in [0, 0.1) is 0 Å². The normalized spacial score (nSPS) is 14.3. The van der Waals surface area contributed by atoms with Gasteiger partial charge in [-0.15, -0.1) is 0 Å². The van der Waals surface area contributed by atoms with Gasteiger partial charge in [-0.25, -0.2) is 4.79 Å². The molecule has 1 aliphatic heterocycles. The molecule has 0 spiro atoms. The van der Waals surface area contributed by atoms with Crippen LogP contribution >= 0.6 is 20.7 Å². The third kappa shape index (κ3) is 6.76. The van der Waals surface area contributed by atoms with Crippen molar-refractivity contribution in [1.82, 2.24) is 4.98 Å². The van der Waals surface area contributed by atoms with Crippen molar-refractivity contribution >= 4 is 42.8 Å². The first kappa shape index (κ1) is 28.3. The average Bonchev–Trinajstić information content (AvgIpc) is 3.00. The average molecular weight is 670 g/mol. The Morgan fingerprint density at radius 1 is 1.00 bits per heavy atom. The number of carbonyl (C=O) groups is 2. The second kappa shape index (κ2) is 12.5. The molecule has 210 valence electrons. The number of nitrogens with zero attached hydrogens (tertiary/aromatic N) is 1. The van der Waals surface area contributed by atoms with E-state index in [9.17, 15) is 18.4 Å². The number of halogens is 3. The van der Waals surface area contributed by atoms with Crippen molar-refractivity contribution in [3.05, 3.63) is 119 Å². The van der Waals surface area contributed by atoms with Gasteiger partial charge in [-0.2, -0.15) is 8.78 Å². The molecule has 41 heavy (non-hydrogen) atoms. The van der Waals surface area contributed by atoms with E-state index in [1.54, 1.807) is 30.5 Å². The maximum absolute atomic E-state index is 13.5. The molecule has 4 aromatic rings. The number of amides is 1. The van der Waals surface area contributed by atoms with Crippen molar-refractivity contribution in [1.29, 1.82) is 0 Å². The van der Waals surface area contributed by atoms with E-state index in [0.717, 1.165) is 11.1 Å². The molecule has 1 aliphatic rings. The fraction of sp³-hybridized carbons (Fsp3) is 0.161. The number of hydrogen-bond acceptors (Lipinski definition) is 6. The standard InChI is InChI=1S/C31H25F2IN2O5/c1-34-31(32,33)41-22-14-12-21(13-15-22)36-29(37)26-10-5-9-24-23(16-18-39-28(24)26)27-25(11-6-17-35-27)30(38)40-19-20-7-3-2-4-8-20/h2-15,17,23H,1,16,18-19H2,(H,36,37). The summed E-state index contributed by atoms with van der Waals surface area (Å²) in [4.78, 5) is 30.9. The summed E-state index contributed by atoms with van der Waals surface area (Å²) in [6.45, 7) is 0.446. The van der Waals surface area contributed by atoms with Gasteiger partial charge in [0.1, 0.15) is 18.1 Å². The first-order valence-electron chi connectivity index (χ1n) is 12.6. The number of hydrogen-bond donors (Lipinski definition) is 1. The van der Waals surface area contributed by atoms with Gasteiger partial charge in [0, 0.05) is 44.1 Å². The number of esters is 1. The fourth-order valence-corrected chi connectivity index (χ4v) is 4.93. The zero-order valence-corrected chi connectivity index (χ0v) is 23.8. The minimum atomic E-state index is -3.27. The molecule has 7 nitrogen and oxygen atoms in total. The minimum Gasteiger partial charge on any atom is -0.492 e. The zero-order valence-electron chi connectivity index (χ0n) is 21.7. The summed E-state index contributed by atoms with van der Waals surface area (Å²) in [6.07, 6.45) is 2.17. The van der Waals surface area contributed by atoms with Crippen molar-refractivity contribution < 1.29 is 32.6 Å². The number of pyridine rings is 1. The van der Waals surface area contributed by atoms with E-state index in [2.05, 4.69) is 19.6 Å². The number of ether oxygens (including phenoxy) is 3. The molecule has 2 heterocycles. The topological polar surface area (TPSA) is 86.8 Å². The molecule has 1 amide bonds. The Balaban J connectivity index is 1.36. The largest absolute Gasteiger partial charge is 0.492 e. The Morgan fingerprint density at radius 2 is 1.76 bits per heavy atom. The molecule has 1 unspecified atom stereocenters. The van der Waals surface area contributed by atoms with Gasteiger partial charge >= 0.3 is 10.1 Å². The van der Waals surface area contributed by atoms with Crippen LogP contribution in [0.15, 0.2) is 91.1 Å². The highest BCUT2D eigenvalue weighted by Crippen LogP contribution is 2.41. The van der Waals surface area contributed by atoms with Crippen LogP contribution in [0.3, 0.4) is 0 Å². The van der Waals surface area contributed by atoms with E-state index in [0.29, 0.717) is 41.3 Å². The summed E-state index contributed by atoms with van der Waals surface area (Å²) in [5, 5.41) is 2.77. The number of carbonyl (C=O) groups excluding carboxylic acids is 2. The number of benzene rings is 3. The molecule has 0 fully saturated rings. The van der Waals surface area contributed by atoms with Crippen LogP contribution in [-0.2, 0) is 11.3 Å². The molecular formula is C31H25F2IN2O5. The molecule has 0 radical (unpaired) electrons. The Kier molecular flexibility index (Phi) is 8.67. The summed E-state index contributed by atoms with van der Waals surface area (Å²) in [6, 6.07) is 23.7. The molecule has 1 aromatic heterocycles. The van der Waals surface area contributed by atoms with Gasteiger partial charge in [-0.05, 0) is 54.4 Å². The Morgan fingerprint density at radius 3 is 2.51 bits per heavy atom. The number of aromatic nitrogens is 1. The number of alkyl halides is 3. The van der Waals surface area contributed by atoms with E-state index >= 15 is 0 Å². The second-order valence-corrected chi connectivity index (χ2v) is 11.1. The molecule has 5 rings (SSSR count). The molecular weight excluding hydrogens is 645 g/mol. The van der Waals surface area contributed by atoms with Gasteiger partial charge in [0.15, 0.2) is 0 Å². The number of para-hydroxylation sites is 1. The highest BCUT2D eigenvalue weighted by atomic mass is 127. The van der Waals surface area contributed by atoms with Crippen molar-refractivity contribution in [3.8, 4) is 11.5 Å². The number of nitrogens with one attached hydrogen (secondary N) is 1. The maximum atomic E-state index is 13.5. The number of anilines is 1. The Bertz CT molecular complexity index is 1560. The van der Waals surface area contributed by atoms with Crippen LogP contribution in [-0.4, -0.2) is 32.1 Å². The highest BCUT2D eigenvalue weighted by Gasteiger charge is 2.31.